The van der Waals surface area contributed by atoms with Gasteiger partial charge in [-0.05, 0) is 42.0 Å². The second-order valence-corrected chi connectivity index (χ2v) is 7.66. The van der Waals surface area contributed by atoms with E-state index in [1.165, 1.54) is 0 Å². The van der Waals surface area contributed by atoms with Crippen molar-refractivity contribution < 1.29 is 22.3 Å². The average molecular weight is 378 g/mol. The van der Waals surface area contributed by atoms with Gasteiger partial charge in [0.2, 0.25) is 0 Å². The van der Waals surface area contributed by atoms with Crippen LogP contribution in [0.3, 0.4) is 0 Å². The van der Waals surface area contributed by atoms with Gasteiger partial charge in [-0.3, -0.25) is 9.69 Å². The number of amides is 1. The lowest BCUT2D eigenvalue weighted by atomic mass is 10.1. The van der Waals surface area contributed by atoms with Crippen LogP contribution >= 0.6 is 0 Å². The number of rotatable bonds is 5. The Hall–Kier alpha value is -2.29. The van der Waals surface area contributed by atoms with Gasteiger partial charge in [0, 0.05) is 25.2 Å². The lowest BCUT2D eigenvalue weighted by Crippen LogP contribution is -2.35. The van der Waals surface area contributed by atoms with E-state index >= 15 is 0 Å². The minimum atomic E-state index is -4.05. The number of ether oxygens (including phenoxy) is 1. The summed E-state index contributed by atoms with van der Waals surface area (Å²) >= 11 is 0. The molecule has 0 radical (unpaired) electrons. The Kier molecular flexibility index (Phi) is 5.65. The fourth-order valence-corrected chi connectivity index (χ4v) is 3.61. The van der Waals surface area contributed by atoms with Crippen LogP contribution in [0.15, 0.2) is 53.4 Å². The van der Waals surface area contributed by atoms with E-state index in [0.29, 0.717) is 13.2 Å². The number of nitrogens with zero attached hydrogens (tertiary/aromatic N) is 1. The predicted molar refractivity (Wildman–Crippen MR) is 93.6 cm³/mol. The van der Waals surface area contributed by atoms with E-state index in [2.05, 4.69) is 4.90 Å². The van der Waals surface area contributed by atoms with E-state index in [-0.39, 0.29) is 10.5 Å². The van der Waals surface area contributed by atoms with Crippen molar-refractivity contribution in [1.82, 2.24) is 9.62 Å². The third kappa shape index (κ3) is 4.66. The summed E-state index contributed by atoms with van der Waals surface area (Å²) in [4.78, 5) is 14.3. The molecule has 138 valence electrons. The molecule has 0 unspecified atom stereocenters. The largest absolute Gasteiger partial charge is 0.379 e. The summed E-state index contributed by atoms with van der Waals surface area (Å²) in [5, 5.41) is 0. The van der Waals surface area contributed by atoms with Crippen LogP contribution < -0.4 is 4.72 Å². The van der Waals surface area contributed by atoms with Gasteiger partial charge in [-0.25, -0.2) is 17.5 Å². The van der Waals surface area contributed by atoms with Crippen molar-refractivity contribution in [3.8, 4) is 0 Å². The molecule has 1 aliphatic heterocycles. The molecule has 1 saturated heterocycles. The minimum Gasteiger partial charge on any atom is -0.379 e. The van der Waals surface area contributed by atoms with Gasteiger partial charge in [-0.2, -0.15) is 0 Å². The zero-order valence-corrected chi connectivity index (χ0v) is 14.8. The number of carbonyl (C=O) groups is 1. The van der Waals surface area contributed by atoms with Gasteiger partial charge in [0.05, 0.1) is 18.1 Å². The number of carbonyl (C=O) groups excluding carboxylic acids is 1. The fraction of sp³-hybridized carbons (Fsp3) is 0.278. The zero-order valence-electron chi connectivity index (χ0n) is 14.0. The highest BCUT2D eigenvalue weighted by Gasteiger charge is 2.19. The first-order chi connectivity index (χ1) is 12.4. The Bertz CT molecular complexity index is 861. The summed E-state index contributed by atoms with van der Waals surface area (Å²) < 4.78 is 44.6. The van der Waals surface area contributed by atoms with Gasteiger partial charge in [0.1, 0.15) is 5.82 Å². The van der Waals surface area contributed by atoms with Crippen LogP contribution in [0.1, 0.15) is 15.9 Å². The van der Waals surface area contributed by atoms with E-state index in [4.69, 9.17) is 4.74 Å². The third-order valence-electron chi connectivity index (χ3n) is 4.08. The van der Waals surface area contributed by atoms with Crippen molar-refractivity contribution in [2.45, 2.75) is 11.4 Å². The van der Waals surface area contributed by atoms with E-state index in [1.807, 2.05) is 4.72 Å². The van der Waals surface area contributed by atoms with Crippen LogP contribution in [0.4, 0.5) is 4.39 Å². The summed E-state index contributed by atoms with van der Waals surface area (Å²) in [5.41, 5.74) is 1.27. The van der Waals surface area contributed by atoms with Crippen LogP contribution in [-0.4, -0.2) is 45.5 Å². The molecule has 0 spiro atoms. The van der Waals surface area contributed by atoms with Crippen molar-refractivity contribution in [3.63, 3.8) is 0 Å². The van der Waals surface area contributed by atoms with E-state index in [9.17, 15) is 17.6 Å². The monoisotopic (exact) mass is 378 g/mol. The van der Waals surface area contributed by atoms with Gasteiger partial charge in [-0.15, -0.1) is 0 Å². The summed E-state index contributed by atoms with van der Waals surface area (Å²) in [6.07, 6.45) is 0. The topological polar surface area (TPSA) is 75.7 Å². The predicted octanol–water partition coefficient (Wildman–Crippen LogP) is 1.78. The molecule has 1 N–H and O–H groups in total. The second-order valence-electron chi connectivity index (χ2n) is 5.97. The molecular formula is C18H19FN2O4S. The van der Waals surface area contributed by atoms with Crippen molar-refractivity contribution in [2.75, 3.05) is 26.3 Å². The Morgan fingerprint density at radius 2 is 1.65 bits per heavy atom. The zero-order chi connectivity index (χ0) is 18.6. The summed E-state index contributed by atoms with van der Waals surface area (Å²) in [6.45, 7) is 3.89. The molecule has 1 amide bonds. The minimum absolute atomic E-state index is 0.170. The third-order valence-corrected chi connectivity index (χ3v) is 5.42. The Morgan fingerprint density at radius 3 is 2.27 bits per heavy atom. The SMILES string of the molecule is O=C(NS(=O)(=O)c1ccc(F)cc1)c1ccc(CN2CCOCC2)cc1. The first-order valence-corrected chi connectivity index (χ1v) is 9.64. The molecule has 1 aliphatic rings. The highest BCUT2D eigenvalue weighted by Crippen LogP contribution is 2.12. The Labute approximate surface area is 151 Å². The van der Waals surface area contributed by atoms with Gasteiger partial charge < -0.3 is 4.74 Å². The maximum atomic E-state index is 12.9. The molecule has 26 heavy (non-hydrogen) atoms. The molecule has 8 heteroatoms. The number of benzene rings is 2. The Morgan fingerprint density at radius 1 is 1.04 bits per heavy atom. The normalized spacial score (nSPS) is 15.6. The molecule has 0 atom stereocenters. The standard InChI is InChI=1S/C18H19FN2O4S/c19-16-5-7-17(8-6-16)26(23,24)20-18(22)15-3-1-14(2-4-15)13-21-9-11-25-12-10-21/h1-8H,9-13H2,(H,20,22). The smallest absolute Gasteiger partial charge is 0.264 e. The van der Waals surface area contributed by atoms with Crippen molar-refractivity contribution in [2.24, 2.45) is 0 Å². The van der Waals surface area contributed by atoms with Gasteiger partial charge in [0.25, 0.3) is 15.9 Å². The number of morpholine rings is 1. The molecule has 2 aromatic carbocycles. The van der Waals surface area contributed by atoms with Crippen LogP contribution in [0, 0.1) is 5.82 Å². The summed E-state index contributed by atoms with van der Waals surface area (Å²) in [5.74, 6) is -1.28. The first kappa shape index (κ1) is 18.5. The van der Waals surface area contributed by atoms with Crippen molar-refractivity contribution in [3.05, 3.63) is 65.5 Å². The highest BCUT2D eigenvalue weighted by molar-refractivity contribution is 7.90. The van der Waals surface area contributed by atoms with Crippen LogP contribution in [0.25, 0.3) is 0 Å². The molecule has 6 nitrogen and oxygen atoms in total. The molecule has 1 fully saturated rings. The first-order valence-electron chi connectivity index (χ1n) is 8.16. The van der Waals surface area contributed by atoms with Gasteiger partial charge >= 0.3 is 0 Å². The van der Waals surface area contributed by atoms with E-state index in [1.54, 1.807) is 24.3 Å². The molecule has 1 heterocycles. The van der Waals surface area contributed by atoms with Crippen LogP contribution in [-0.2, 0) is 21.3 Å². The molecule has 3 rings (SSSR count). The molecule has 0 aromatic heterocycles. The number of sulfonamides is 1. The number of hydrogen-bond donors (Lipinski definition) is 1. The molecule has 2 aromatic rings. The second kappa shape index (κ2) is 7.94. The Balaban J connectivity index is 1.65. The van der Waals surface area contributed by atoms with Crippen molar-refractivity contribution in [1.29, 1.82) is 0 Å². The average Bonchev–Trinajstić information content (AvgIpc) is 2.63. The summed E-state index contributed by atoms with van der Waals surface area (Å²) in [7, 11) is -4.05. The molecule has 0 aliphatic carbocycles. The van der Waals surface area contributed by atoms with Gasteiger partial charge in [-0.1, -0.05) is 12.1 Å². The molecular weight excluding hydrogens is 359 g/mol. The maximum absolute atomic E-state index is 12.9. The molecule has 0 bridgehead atoms. The number of halogens is 1. The quantitative estimate of drug-likeness (QED) is 0.858. The fourth-order valence-electron chi connectivity index (χ4n) is 2.63. The van der Waals surface area contributed by atoms with Crippen LogP contribution in [0.2, 0.25) is 0 Å². The number of hydrogen-bond acceptors (Lipinski definition) is 5. The maximum Gasteiger partial charge on any atom is 0.264 e. The number of nitrogens with one attached hydrogen (secondary N) is 1. The van der Waals surface area contributed by atoms with E-state index in [0.717, 1.165) is 49.5 Å². The van der Waals surface area contributed by atoms with Crippen molar-refractivity contribution >= 4 is 15.9 Å². The lowest BCUT2D eigenvalue weighted by Gasteiger charge is -2.26. The highest BCUT2D eigenvalue weighted by atomic mass is 32.2. The van der Waals surface area contributed by atoms with E-state index < -0.39 is 21.7 Å². The van der Waals surface area contributed by atoms with Gasteiger partial charge in [0.15, 0.2) is 0 Å². The summed E-state index contributed by atoms with van der Waals surface area (Å²) in [6, 6.07) is 11.0. The molecule has 0 saturated carbocycles. The lowest BCUT2D eigenvalue weighted by molar-refractivity contribution is 0.0342. The van der Waals surface area contributed by atoms with Crippen LogP contribution in [0.5, 0.6) is 0 Å².